The van der Waals surface area contributed by atoms with E-state index in [4.69, 9.17) is 0 Å². The van der Waals surface area contributed by atoms with E-state index in [0.29, 0.717) is 18.3 Å². The van der Waals surface area contributed by atoms with Crippen molar-refractivity contribution in [1.29, 1.82) is 0 Å². The van der Waals surface area contributed by atoms with E-state index >= 15 is 0 Å². The molecule has 238 valence electrons. The van der Waals surface area contributed by atoms with Gasteiger partial charge < -0.3 is 20.8 Å². The molecule has 4 saturated carbocycles. The Bertz CT molecular complexity index is 1420. The zero-order valence-electron chi connectivity index (χ0n) is 25.6. The van der Waals surface area contributed by atoms with Gasteiger partial charge in [0.1, 0.15) is 0 Å². The fraction of sp³-hybridized carbons (Fsp3) is 0.459. The number of hydrogen-bond donors (Lipinski definition) is 4. The Hall–Kier alpha value is -2.78. The summed E-state index contributed by atoms with van der Waals surface area (Å²) >= 11 is 3.33. The molecule has 8 heteroatoms. The first kappa shape index (κ1) is 32.2. The van der Waals surface area contributed by atoms with E-state index in [9.17, 15) is 19.8 Å². The Kier molecular flexibility index (Phi) is 10.2. The molecule has 0 aromatic heterocycles. The summed E-state index contributed by atoms with van der Waals surface area (Å²) < 4.78 is -0.616. The SMILES string of the molecule is O=C(NC1C2CCC(C2)C1CO)C1(Sc2ccccc2)CC1.O=C(N[C@@H](CO)Cc1ccccc1)C1(Sc2ccccc2)CC1. The Morgan fingerprint density at radius 3 is 1.76 bits per heavy atom. The molecule has 0 spiro atoms. The molecule has 6 nitrogen and oxygen atoms in total. The molecule has 3 aromatic rings. The van der Waals surface area contributed by atoms with Crippen molar-refractivity contribution in [1.82, 2.24) is 10.6 Å². The summed E-state index contributed by atoms with van der Waals surface area (Å²) in [6.45, 7) is 0.164. The monoisotopic (exact) mass is 644 g/mol. The zero-order chi connectivity index (χ0) is 31.3. The number of aliphatic hydroxyl groups is 2. The predicted octanol–water partition coefficient (Wildman–Crippen LogP) is 5.87. The van der Waals surface area contributed by atoms with Gasteiger partial charge in [-0.15, -0.1) is 23.5 Å². The summed E-state index contributed by atoms with van der Waals surface area (Å²) in [6, 6.07) is 30.1. The maximum Gasteiger partial charge on any atom is 0.236 e. The van der Waals surface area contributed by atoms with Crippen molar-refractivity contribution in [2.24, 2.45) is 17.8 Å². The molecule has 4 fully saturated rings. The van der Waals surface area contributed by atoms with E-state index in [1.54, 1.807) is 23.5 Å². The molecule has 4 unspecified atom stereocenters. The third-order valence-corrected chi connectivity index (χ3v) is 12.8. The summed E-state index contributed by atoms with van der Waals surface area (Å²) in [4.78, 5) is 27.7. The lowest BCUT2D eigenvalue weighted by Gasteiger charge is -2.31. The highest BCUT2D eigenvalue weighted by Gasteiger charge is 2.54. The van der Waals surface area contributed by atoms with Crippen molar-refractivity contribution < 1.29 is 19.8 Å². The van der Waals surface area contributed by atoms with Crippen LogP contribution in [0.15, 0.2) is 101 Å². The summed E-state index contributed by atoms with van der Waals surface area (Å²) in [6.07, 6.45) is 7.98. The minimum atomic E-state index is -0.356. The van der Waals surface area contributed by atoms with Crippen LogP contribution in [0.3, 0.4) is 0 Å². The maximum absolute atomic E-state index is 12.8. The second-order valence-electron chi connectivity index (χ2n) is 13.0. The molecule has 0 aliphatic heterocycles. The van der Waals surface area contributed by atoms with Crippen molar-refractivity contribution in [2.75, 3.05) is 13.2 Å². The normalized spacial score (nSPS) is 25.4. The van der Waals surface area contributed by atoms with Crippen LogP contribution in [-0.4, -0.2) is 56.8 Å². The molecule has 0 saturated heterocycles. The number of amides is 2. The minimum Gasteiger partial charge on any atom is -0.396 e. The topological polar surface area (TPSA) is 98.7 Å². The fourth-order valence-electron chi connectivity index (χ4n) is 6.96. The van der Waals surface area contributed by atoms with Gasteiger partial charge in [0.05, 0.1) is 22.1 Å². The van der Waals surface area contributed by atoms with Crippen molar-refractivity contribution in [3.63, 3.8) is 0 Å². The molecular weight excluding hydrogens is 601 g/mol. The highest BCUT2D eigenvalue weighted by atomic mass is 32.2. The highest BCUT2D eigenvalue weighted by molar-refractivity contribution is 8.02. The summed E-state index contributed by atoms with van der Waals surface area (Å²) in [5, 5.41) is 25.6. The van der Waals surface area contributed by atoms with E-state index in [0.717, 1.165) is 36.1 Å². The van der Waals surface area contributed by atoms with Crippen LogP contribution in [0.1, 0.15) is 50.5 Å². The molecular formula is C37H44N2O4S2. The number of carbonyl (C=O) groups is 2. The highest BCUT2D eigenvalue weighted by Crippen LogP contribution is 2.54. The largest absolute Gasteiger partial charge is 0.396 e. The molecule has 4 N–H and O–H groups in total. The van der Waals surface area contributed by atoms with E-state index in [-0.39, 0.29) is 52.5 Å². The first-order valence-electron chi connectivity index (χ1n) is 16.3. The van der Waals surface area contributed by atoms with E-state index in [1.807, 2.05) is 78.9 Å². The van der Waals surface area contributed by atoms with E-state index < -0.39 is 0 Å². The predicted molar refractivity (Wildman–Crippen MR) is 181 cm³/mol. The summed E-state index contributed by atoms with van der Waals surface area (Å²) in [7, 11) is 0. The number of aliphatic hydroxyl groups excluding tert-OH is 2. The average Bonchev–Trinajstić information content (AvgIpc) is 3.96. The number of carbonyl (C=O) groups excluding carboxylic acids is 2. The first-order valence-corrected chi connectivity index (χ1v) is 17.9. The van der Waals surface area contributed by atoms with Gasteiger partial charge in [0.2, 0.25) is 11.8 Å². The van der Waals surface area contributed by atoms with Crippen LogP contribution in [0.25, 0.3) is 0 Å². The third-order valence-electron chi connectivity index (χ3n) is 9.83. The second kappa shape index (κ2) is 14.3. The van der Waals surface area contributed by atoms with Crippen LogP contribution >= 0.6 is 23.5 Å². The minimum absolute atomic E-state index is 0.0429. The van der Waals surface area contributed by atoms with Gasteiger partial charge in [0.25, 0.3) is 0 Å². The van der Waals surface area contributed by atoms with Gasteiger partial charge in [-0.1, -0.05) is 66.7 Å². The van der Waals surface area contributed by atoms with Gasteiger partial charge >= 0.3 is 0 Å². The van der Waals surface area contributed by atoms with Crippen LogP contribution in [0.4, 0.5) is 0 Å². The van der Waals surface area contributed by atoms with Crippen LogP contribution < -0.4 is 10.6 Å². The molecule has 4 aliphatic carbocycles. The lowest BCUT2D eigenvalue weighted by Crippen LogP contribution is -2.48. The number of nitrogens with one attached hydrogen (secondary N) is 2. The van der Waals surface area contributed by atoms with Gasteiger partial charge in [-0.2, -0.15) is 0 Å². The first-order chi connectivity index (χ1) is 21.9. The van der Waals surface area contributed by atoms with Crippen molar-refractivity contribution >= 4 is 35.3 Å². The second-order valence-corrected chi connectivity index (χ2v) is 16.0. The molecule has 5 atom stereocenters. The van der Waals surface area contributed by atoms with Crippen LogP contribution in [0, 0.1) is 17.8 Å². The summed E-state index contributed by atoms with van der Waals surface area (Å²) in [5.41, 5.74) is 1.12. The van der Waals surface area contributed by atoms with Gasteiger partial charge in [0, 0.05) is 28.4 Å². The van der Waals surface area contributed by atoms with E-state index in [2.05, 4.69) is 22.8 Å². The number of hydrogen-bond acceptors (Lipinski definition) is 6. The number of rotatable bonds is 12. The van der Waals surface area contributed by atoms with E-state index in [1.165, 1.54) is 24.2 Å². The van der Waals surface area contributed by atoms with Crippen molar-refractivity contribution in [3.8, 4) is 0 Å². The molecule has 0 heterocycles. The third kappa shape index (κ3) is 7.79. The molecule has 2 bridgehead atoms. The number of thioether (sulfide) groups is 2. The molecule has 7 rings (SSSR count). The van der Waals surface area contributed by atoms with Crippen LogP contribution in [-0.2, 0) is 16.0 Å². The Labute approximate surface area is 275 Å². The van der Waals surface area contributed by atoms with Gasteiger partial charge in [-0.05, 0) is 93.0 Å². The summed E-state index contributed by atoms with van der Waals surface area (Å²) in [5.74, 6) is 1.72. The van der Waals surface area contributed by atoms with Crippen LogP contribution in [0.5, 0.6) is 0 Å². The Balaban J connectivity index is 0.000000159. The molecule has 2 amide bonds. The lowest BCUT2D eigenvalue weighted by molar-refractivity contribution is -0.123. The van der Waals surface area contributed by atoms with Crippen LogP contribution in [0.2, 0.25) is 0 Å². The van der Waals surface area contributed by atoms with Crippen molar-refractivity contribution in [3.05, 3.63) is 96.6 Å². The average molecular weight is 645 g/mol. The van der Waals surface area contributed by atoms with Gasteiger partial charge in [-0.25, -0.2) is 0 Å². The molecule has 4 aliphatic rings. The Morgan fingerprint density at radius 2 is 1.24 bits per heavy atom. The quantitative estimate of drug-likeness (QED) is 0.197. The molecule has 0 radical (unpaired) electrons. The standard InChI is InChI=1S/C19H21NO2S.C18H23NO2S/c21-14-16(13-15-7-3-1-4-8-15)20-18(22)19(11-12-19)23-17-9-5-2-6-10-17;20-11-15-12-6-7-13(10-12)16(15)19-17(21)18(8-9-18)22-14-4-2-1-3-5-14/h1-10,16,21H,11-14H2,(H,20,22);1-5,12-13,15-16,20H,6-11H2,(H,19,21)/t16-;/m1./s1. The van der Waals surface area contributed by atoms with Gasteiger partial charge in [0.15, 0.2) is 0 Å². The number of benzene rings is 3. The van der Waals surface area contributed by atoms with Crippen molar-refractivity contribution in [2.45, 2.75) is 82.7 Å². The lowest BCUT2D eigenvalue weighted by atomic mass is 9.85. The van der Waals surface area contributed by atoms with Gasteiger partial charge in [-0.3, -0.25) is 9.59 Å². The molecule has 45 heavy (non-hydrogen) atoms. The fourth-order valence-corrected chi connectivity index (χ4v) is 9.37. The maximum atomic E-state index is 12.8. The Morgan fingerprint density at radius 1 is 0.733 bits per heavy atom. The zero-order valence-corrected chi connectivity index (χ0v) is 27.3. The number of fused-ring (bicyclic) bond motifs is 2. The smallest absolute Gasteiger partial charge is 0.236 e. The molecule has 3 aromatic carbocycles.